The average molecular weight is 408 g/mol. The first-order valence-electron chi connectivity index (χ1n) is 10.6. The van der Waals surface area contributed by atoms with E-state index >= 15 is 0 Å². The highest BCUT2D eigenvalue weighted by Gasteiger charge is 1.94. The summed E-state index contributed by atoms with van der Waals surface area (Å²) >= 11 is 0. The molecule has 3 nitrogen and oxygen atoms in total. The highest BCUT2D eigenvalue weighted by molar-refractivity contribution is 5.28. The molecule has 0 rings (SSSR count). The molecular formula is C27H41N3. The van der Waals surface area contributed by atoms with E-state index in [0.29, 0.717) is 12.5 Å². The molecule has 0 aromatic rings. The number of nitrogens with one attached hydrogen (secondary N) is 1. The van der Waals surface area contributed by atoms with Gasteiger partial charge in [-0.1, -0.05) is 109 Å². The van der Waals surface area contributed by atoms with Crippen LogP contribution < -0.4 is 16.8 Å². The number of rotatable bonds is 15. The van der Waals surface area contributed by atoms with Gasteiger partial charge in [0, 0.05) is 13.1 Å². The normalized spacial score (nSPS) is 16.3. The minimum absolute atomic E-state index is 0.129. The van der Waals surface area contributed by atoms with Crippen LogP contribution in [0.1, 0.15) is 33.6 Å². The fourth-order valence-electron chi connectivity index (χ4n) is 2.19. The van der Waals surface area contributed by atoms with Crippen molar-refractivity contribution in [3.05, 3.63) is 109 Å². The fourth-order valence-corrected chi connectivity index (χ4v) is 2.19. The summed E-state index contributed by atoms with van der Waals surface area (Å²) in [6.45, 7) is 11.4. The van der Waals surface area contributed by atoms with Gasteiger partial charge in [0.25, 0.3) is 0 Å². The first-order chi connectivity index (χ1) is 14.5. The van der Waals surface area contributed by atoms with Gasteiger partial charge in [-0.2, -0.15) is 0 Å². The highest BCUT2D eigenvalue weighted by Crippen LogP contribution is 2.03. The molecule has 2 atom stereocenters. The van der Waals surface area contributed by atoms with Crippen LogP contribution in [0.15, 0.2) is 109 Å². The van der Waals surface area contributed by atoms with Gasteiger partial charge >= 0.3 is 0 Å². The molecular weight excluding hydrogens is 366 g/mol. The van der Waals surface area contributed by atoms with Gasteiger partial charge in [0.05, 0.1) is 6.17 Å². The molecule has 0 aliphatic heterocycles. The Hall–Kier alpha value is -2.46. The lowest BCUT2D eigenvalue weighted by atomic mass is 10.1. The van der Waals surface area contributed by atoms with E-state index in [2.05, 4.69) is 93.4 Å². The van der Waals surface area contributed by atoms with Crippen LogP contribution >= 0.6 is 0 Å². The van der Waals surface area contributed by atoms with E-state index in [1.54, 1.807) is 0 Å². The van der Waals surface area contributed by atoms with E-state index in [0.717, 1.165) is 19.4 Å². The van der Waals surface area contributed by atoms with Crippen LogP contribution in [0.4, 0.5) is 0 Å². The first-order valence-corrected chi connectivity index (χ1v) is 10.6. The molecule has 0 spiro atoms. The average Bonchev–Trinajstić information content (AvgIpc) is 2.73. The van der Waals surface area contributed by atoms with Crippen LogP contribution in [0.2, 0.25) is 0 Å². The largest absolute Gasteiger partial charge is 0.327 e. The Labute approximate surface area is 184 Å². The molecule has 3 heteroatoms. The van der Waals surface area contributed by atoms with Gasteiger partial charge < -0.3 is 11.5 Å². The molecule has 0 saturated carbocycles. The van der Waals surface area contributed by atoms with Crippen molar-refractivity contribution in [2.24, 2.45) is 17.4 Å². The van der Waals surface area contributed by atoms with Crippen LogP contribution in [0.3, 0.4) is 0 Å². The van der Waals surface area contributed by atoms with Gasteiger partial charge in [-0.05, 0) is 32.6 Å². The van der Waals surface area contributed by atoms with E-state index < -0.39 is 0 Å². The van der Waals surface area contributed by atoms with Crippen LogP contribution in [0, 0.1) is 5.92 Å². The Morgan fingerprint density at radius 2 is 1.53 bits per heavy atom. The Kier molecular flexibility index (Phi) is 18.2. The van der Waals surface area contributed by atoms with Crippen LogP contribution in [-0.2, 0) is 0 Å². The third-order valence-electron chi connectivity index (χ3n) is 4.12. The van der Waals surface area contributed by atoms with Crippen molar-refractivity contribution >= 4 is 0 Å². The van der Waals surface area contributed by atoms with Crippen LogP contribution in [0.25, 0.3) is 0 Å². The molecule has 0 aromatic carbocycles. The van der Waals surface area contributed by atoms with Crippen molar-refractivity contribution in [3.63, 3.8) is 0 Å². The lowest BCUT2D eigenvalue weighted by Gasteiger charge is -2.07. The highest BCUT2D eigenvalue weighted by atomic mass is 15.0. The summed E-state index contributed by atoms with van der Waals surface area (Å²) in [6.07, 6.45) is 32.6. The second kappa shape index (κ2) is 19.8. The number of allylic oxidation sites excluding steroid dienone is 14. The van der Waals surface area contributed by atoms with Gasteiger partial charge in [-0.25, -0.2) is 0 Å². The van der Waals surface area contributed by atoms with Crippen molar-refractivity contribution in [3.8, 4) is 0 Å². The summed E-state index contributed by atoms with van der Waals surface area (Å²) in [5.41, 5.74) is 13.8. The molecule has 2 unspecified atom stereocenters. The molecule has 30 heavy (non-hydrogen) atoms. The third-order valence-corrected chi connectivity index (χ3v) is 4.12. The predicted octanol–water partition coefficient (Wildman–Crippen LogP) is 5.65. The van der Waals surface area contributed by atoms with E-state index in [9.17, 15) is 0 Å². The lowest BCUT2D eigenvalue weighted by Crippen LogP contribution is -2.35. The van der Waals surface area contributed by atoms with E-state index in [1.807, 2.05) is 30.4 Å². The molecule has 0 amide bonds. The van der Waals surface area contributed by atoms with Crippen molar-refractivity contribution < 1.29 is 0 Å². The number of nitrogens with two attached hydrogens (primary N) is 2. The van der Waals surface area contributed by atoms with Crippen LogP contribution in [-0.4, -0.2) is 19.3 Å². The van der Waals surface area contributed by atoms with Gasteiger partial charge in [0.2, 0.25) is 0 Å². The molecule has 164 valence electrons. The van der Waals surface area contributed by atoms with Gasteiger partial charge in [-0.15, -0.1) is 6.58 Å². The second-order valence-electron chi connectivity index (χ2n) is 7.15. The summed E-state index contributed by atoms with van der Waals surface area (Å²) in [7, 11) is 0. The first kappa shape index (κ1) is 27.5. The van der Waals surface area contributed by atoms with Crippen LogP contribution in [0.5, 0.6) is 0 Å². The summed E-state index contributed by atoms with van der Waals surface area (Å²) in [4.78, 5) is 0. The molecule has 0 saturated heterocycles. The Bertz CT molecular complexity index is 685. The molecule has 0 aromatic heterocycles. The van der Waals surface area contributed by atoms with Crippen molar-refractivity contribution in [1.29, 1.82) is 0 Å². The minimum Gasteiger partial charge on any atom is -0.327 e. The minimum atomic E-state index is -0.129. The molecule has 0 fully saturated rings. The van der Waals surface area contributed by atoms with E-state index in [-0.39, 0.29) is 6.17 Å². The van der Waals surface area contributed by atoms with Crippen molar-refractivity contribution in [1.82, 2.24) is 5.32 Å². The lowest BCUT2D eigenvalue weighted by molar-refractivity contribution is 0.652. The molecule has 0 aliphatic rings. The zero-order valence-electron chi connectivity index (χ0n) is 19.0. The van der Waals surface area contributed by atoms with Crippen molar-refractivity contribution in [2.75, 3.05) is 13.1 Å². The Morgan fingerprint density at radius 3 is 2.13 bits per heavy atom. The van der Waals surface area contributed by atoms with E-state index in [1.165, 1.54) is 11.1 Å². The predicted molar refractivity (Wildman–Crippen MR) is 136 cm³/mol. The molecule has 0 radical (unpaired) electrons. The zero-order valence-corrected chi connectivity index (χ0v) is 19.0. The molecule has 0 heterocycles. The topological polar surface area (TPSA) is 64.1 Å². The number of hydrogen-bond donors (Lipinski definition) is 3. The van der Waals surface area contributed by atoms with Gasteiger partial charge in [0.15, 0.2) is 0 Å². The summed E-state index contributed by atoms with van der Waals surface area (Å²) in [5, 5.41) is 3.24. The summed E-state index contributed by atoms with van der Waals surface area (Å²) in [6, 6.07) is 0. The SMILES string of the molecule is C=CC(C)CC=CC(N)NC/C=C/C=C(C)/C=C/C=C/C(C)=C/C=C\C/C=C/CN. The molecule has 0 bridgehead atoms. The van der Waals surface area contributed by atoms with E-state index in [4.69, 9.17) is 11.5 Å². The maximum atomic E-state index is 6.00. The maximum Gasteiger partial charge on any atom is 0.0741 e. The zero-order chi connectivity index (χ0) is 22.5. The standard InChI is InChI=1S/C27H41N3/c1-5-24(2)20-15-21-27(29)30-23-14-12-19-26(4)18-11-10-17-25(3)16-9-7-6-8-13-22-28/h5,7-19,21,24,27,30H,1,6,20,22-23,28-29H2,2-4H3/b9-7-,13-8+,14-12+,17-10+,18-11+,21-15?,25-16+,26-19+. The second-order valence-corrected chi connectivity index (χ2v) is 7.15. The quantitative estimate of drug-likeness (QED) is 0.187. The smallest absolute Gasteiger partial charge is 0.0741 e. The molecule has 5 N–H and O–H groups in total. The van der Waals surface area contributed by atoms with Crippen molar-refractivity contribution in [2.45, 2.75) is 39.8 Å². The Morgan fingerprint density at radius 1 is 0.900 bits per heavy atom. The Balaban J connectivity index is 4.20. The number of hydrogen-bond acceptors (Lipinski definition) is 3. The molecule has 0 aliphatic carbocycles. The monoisotopic (exact) mass is 407 g/mol. The maximum absolute atomic E-state index is 6.00. The summed E-state index contributed by atoms with van der Waals surface area (Å²) < 4.78 is 0. The third kappa shape index (κ3) is 18.9. The summed E-state index contributed by atoms with van der Waals surface area (Å²) in [5.74, 6) is 0.482. The van der Waals surface area contributed by atoms with Gasteiger partial charge in [-0.3, -0.25) is 5.32 Å². The van der Waals surface area contributed by atoms with Gasteiger partial charge in [0.1, 0.15) is 0 Å². The fraction of sp³-hybridized carbons (Fsp3) is 0.333.